The molecule has 5 heteroatoms. The van der Waals surface area contributed by atoms with Crippen molar-refractivity contribution in [2.75, 3.05) is 5.43 Å². The van der Waals surface area contributed by atoms with E-state index in [1.165, 1.54) is 0 Å². The van der Waals surface area contributed by atoms with E-state index in [-0.39, 0.29) is 0 Å². The first kappa shape index (κ1) is 10.7. The van der Waals surface area contributed by atoms with Crippen LogP contribution in [0.25, 0.3) is 0 Å². The molecule has 1 aromatic heterocycles. The highest BCUT2D eigenvalue weighted by atomic mass is 35.5. The van der Waals surface area contributed by atoms with Crippen molar-refractivity contribution in [2.45, 2.75) is 0 Å². The topological polar surface area (TPSA) is 60.2 Å². The quantitative estimate of drug-likeness (QED) is 0.634. The Labute approximate surface area is 98.0 Å². The van der Waals surface area contributed by atoms with Gasteiger partial charge in [0.1, 0.15) is 5.75 Å². The van der Waals surface area contributed by atoms with Gasteiger partial charge in [0.2, 0.25) is 5.88 Å². The summed E-state index contributed by atoms with van der Waals surface area (Å²) in [5, 5.41) is 0.623. The van der Waals surface area contributed by atoms with Gasteiger partial charge in [-0.3, -0.25) is 5.84 Å². The number of benzene rings is 1. The molecule has 0 aliphatic carbocycles. The van der Waals surface area contributed by atoms with Gasteiger partial charge >= 0.3 is 0 Å². The van der Waals surface area contributed by atoms with Crippen molar-refractivity contribution in [3.63, 3.8) is 0 Å². The lowest BCUT2D eigenvalue weighted by molar-refractivity contribution is 0.463. The van der Waals surface area contributed by atoms with Crippen molar-refractivity contribution in [1.82, 2.24) is 4.98 Å². The van der Waals surface area contributed by atoms with Gasteiger partial charge in [-0.05, 0) is 24.3 Å². The van der Waals surface area contributed by atoms with Crippen LogP contribution in [0.5, 0.6) is 11.6 Å². The molecule has 0 bridgehead atoms. The zero-order chi connectivity index (χ0) is 11.4. The Kier molecular flexibility index (Phi) is 3.24. The van der Waals surface area contributed by atoms with Crippen LogP contribution in [-0.4, -0.2) is 4.98 Å². The van der Waals surface area contributed by atoms with Crippen molar-refractivity contribution in [3.05, 3.63) is 47.6 Å². The summed E-state index contributed by atoms with van der Waals surface area (Å²) in [6, 6.07) is 10.6. The van der Waals surface area contributed by atoms with Gasteiger partial charge in [-0.1, -0.05) is 17.7 Å². The van der Waals surface area contributed by atoms with Gasteiger partial charge in [-0.25, -0.2) is 4.98 Å². The number of rotatable bonds is 3. The zero-order valence-corrected chi connectivity index (χ0v) is 9.11. The van der Waals surface area contributed by atoms with Crippen LogP contribution in [0.15, 0.2) is 42.6 Å². The Morgan fingerprint density at radius 2 is 2.12 bits per heavy atom. The van der Waals surface area contributed by atoms with Crippen LogP contribution in [0.1, 0.15) is 0 Å². The van der Waals surface area contributed by atoms with Gasteiger partial charge in [0.15, 0.2) is 0 Å². The smallest absolute Gasteiger partial charge is 0.219 e. The van der Waals surface area contributed by atoms with Crippen molar-refractivity contribution in [2.24, 2.45) is 5.84 Å². The molecule has 0 unspecified atom stereocenters. The van der Waals surface area contributed by atoms with Gasteiger partial charge in [-0.2, -0.15) is 0 Å². The summed E-state index contributed by atoms with van der Waals surface area (Å²) in [7, 11) is 0. The fourth-order valence-corrected chi connectivity index (χ4v) is 1.36. The molecule has 0 fully saturated rings. The summed E-state index contributed by atoms with van der Waals surface area (Å²) in [5.74, 6) is 6.36. The van der Waals surface area contributed by atoms with Crippen LogP contribution < -0.4 is 16.0 Å². The van der Waals surface area contributed by atoms with Crippen LogP contribution in [-0.2, 0) is 0 Å². The number of hydrogen-bond acceptors (Lipinski definition) is 4. The molecular formula is C11H10ClN3O. The Balaban J connectivity index is 2.14. The standard InChI is InChI=1S/C11H10ClN3O/c12-8-2-1-3-10(6-8)16-11-5-4-9(15-13)7-14-11/h1-7,15H,13H2. The average molecular weight is 236 g/mol. The summed E-state index contributed by atoms with van der Waals surface area (Å²) in [4.78, 5) is 4.07. The second-order valence-corrected chi connectivity index (χ2v) is 3.53. The van der Waals surface area contributed by atoms with E-state index in [4.69, 9.17) is 22.2 Å². The second kappa shape index (κ2) is 4.83. The first-order chi connectivity index (χ1) is 7.78. The molecule has 2 rings (SSSR count). The van der Waals surface area contributed by atoms with Crippen LogP contribution in [0.2, 0.25) is 5.02 Å². The summed E-state index contributed by atoms with van der Waals surface area (Å²) in [5.41, 5.74) is 3.21. The van der Waals surface area contributed by atoms with Gasteiger partial charge in [0.25, 0.3) is 0 Å². The summed E-state index contributed by atoms with van der Waals surface area (Å²) in [6.07, 6.45) is 1.58. The molecule has 0 radical (unpaired) electrons. The highest BCUT2D eigenvalue weighted by molar-refractivity contribution is 6.30. The summed E-state index contributed by atoms with van der Waals surface area (Å²) >= 11 is 5.83. The maximum absolute atomic E-state index is 5.83. The van der Waals surface area contributed by atoms with E-state index in [1.807, 2.05) is 12.1 Å². The minimum absolute atomic E-state index is 0.487. The highest BCUT2D eigenvalue weighted by Crippen LogP contribution is 2.22. The average Bonchev–Trinajstić information content (AvgIpc) is 2.30. The van der Waals surface area contributed by atoms with Crippen LogP contribution >= 0.6 is 11.6 Å². The molecule has 0 atom stereocenters. The molecule has 1 aromatic carbocycles. The second-order valence-electron chi connectivity index (χ2n) is 3.09. The number of ether oxygens (including phenoxy) is 1. The Hall–Kier alpha value is -1.78. The first-order valence-electron chi connectivity index (χ1n) is 4.64. The molecule has 4 nitrogen and oxygen atoms in total. The lowest BCUT2D eigenvalue weighted by atomic mass is 10.3. The van der Waals surface area contributed by atoms with E-state index in [2.05, 4.69) is 10.4 Å². The molecule has 0 spiro atoms. The normalized spacial score (nSPS) is 9.88. The number of pyridine rings is 1. The third kappa shape index (κ3) is 2.62. The van der Waals surface area contributed by atoms with Gasteiger partial charge < -0.3 is 10.2 Å². The molecule has 0 saturated heterocycles. The third-order valence-electron chi connectivity index (χ3n) is 1.92. The Morgan fingerprint density at radius 3 is 2.75 bits per heavy atom. The van der Waals surface area contributed by atoms with E-state index in [9.17, 15) is 0 Å². The fourth-order valence-electron chi connectivity index (χ4n) is 1.18. The zero-order valence-electron chi connectivity index (χ0n) is 8.35. The van der Waals surface area contributed by atoms with Crippen molar-refractivity contribution in [3.8, 4) is 11.6 Å². The third-order valence-corrected chi connectivity index (χ3v) is 2.16. The molecule has 16 heavy (non-hydrogen) atoms. The van der Waals surface area contributed by atoms with Crippen molar-refractivity contribution >= 4 is 17.3 Å². The van der Waals surface area contributed by atoms with Crippen LogP contribution in [0.3, 0.4) is 0 Å². The Bertz CT molecular complexity index is 473. The first-order valence-corrected chi connectivity index (χ1v) is 5.02. The van der Waals surface area contributed by atoms with Crippen molar-refractivity contribution < 1.29 is 4.74 Å². The van der Waals surface area contributed by atoms with Gasteiger partial charge in [-0.15, -0.1) is 0 Å². The molecule has 2 aromatic rings. The monoisotopic (exact) mass is 235 g/mol. The highest BCUT2D eigenvalue weighted by Gasteiger charge is 1.99. The maximum Gasteiger partial charge on any atom is 0.219 e. The predicted molar refractivity (Wildman–Crippen MR) is 63.6 cm³/mol. The van der Waals surface area contributed by atoms with E-state index in [0.717, 1.165) is 5.69 Å². The predicted octanol–water partition coefficient (Wildman–Crippen LogP) is 2.81. The van der Waals surface area contributed by atoms with E-state index in [1.54, 1.807) is 30.5 Å². The number of hydrogen-bond donors (Lipinski definition) is 2. The number of aromatic nitrogens is 1. The molecular weight excluding hydrogens is 226 g/mol. The molecule has 1 heterocycles. The summed E-state index contributed by atoms with van der Waals surface area (Å²) < 4.78 is 5.49. The lowest BCUT2D eigenvalue weighted by Gasteiger charge is -2.05. The van der Waals surface area contributed by atoms with E-state index >= 15 is 0 Å². The minimum atomic E-state index is 0.487. The number of anilines is 1. The van der Waals surface area contributed by atoms with Crippen molar-refractivity contribution in [1.29, 1.82) is 0 Å². The fraction of sp³-hybridized carbons (Fsp3) is 0. The number of halogens is 1. The Morgan fingerprint density at radius 1 is 1.25 bits per heavy atom. The lowest BCUT2D eigenvalue weighted by Crippen LogP contribution is -2.06. The molecule has 3 N–H and O–H groups in total. The van der Waals surface area contributed by atoms with E-state index in [0.29, 0.717) is 16.7 Å². The maximum atomic E-state index is 5.83. The SMILES string of the molecule is NNc1ccc(Oc2cccc(Cl)c2)nc1. The van der Waals surface area contributed by atoms with Crippen LogP contribution in [0, 0.1) is 0 Å². The summed E-state index contributed by atoms with van der Waals surface area (Å²) in [6.45, 7) is 0. The number of hydrazine groups is 1. The number of nitrogens with two attached hydrogens (primary N) is 1. The molecule has 0 aliphatic heterocycles. The molecule has 0 amide bonds. The largest absolute Gasteiger partial charge is 0.439 e. The number of nitrogens with one attached hydrogen (secondary N) is 1. The van der Waals surface area contributed by atoms with Crippen LogP contribution in [0.4, 0.5) is 5.69 Å². The number of nitrogen functional groups attached to an aromatic ring is 1. The minimum Gasteiger partial charge on any atom is -0.439 e. The molecule has 0 aliphatic rings. The number of nitrogens with zero attached hydrogens (tertiary/aromatic N) is 1. The molecule has 82 valence electrons. The van der Waals surface area contributed by atoms with Gasteiger partial charge in [0.05, 0.1) is 11.9 Å². The molecule has 0 saturated carbocycles. The van der Waals surface area contributed by atoms with E-state index < -0.39 is 0 Å². The van der Waals surface area contributed by atoms with Gasteiger partial charge in [0, 0.05) is 11.1 Å².